The Kier molecular flexibility index (Phi) is 7.75. The molecule has 1 saturated heterocycles. The Hall–Kier alpha value is -3.33. The van der Waals surface area contributed by atoms with Gasteiger partial charge in [-0.3, -0.25) is 9.59 Å². The Morgan fingerprint density at radius 1 is 1.06 bits per heavy atom. The third kappa shape index (κ3) is 6.03. The number of nitrogens with one attached hydrogen (secondary N) is 1. The molecule has 1 N–H and O–H groups in total. The fourth-order valence-electron chi connectivity index (χ4n) is 4.55. The SMILES string of the molecule is COC(=O)c1ccc(NC(=O)CSc2nc3ccccc3n2CC(=O)N2C[C@H](C)C[C@@H](C)C2)cc1. The average molecular weight is 495 g/mol. The summed E-state index contributed by atoms with van der Waals surface area (Å²) in [6, 6.07) is 14.2. The van der Waals surface area contributed by atoms with Gasteiger partial charge in [-0.2, -0.15) is 0 Å². The van der Waals surface area contributed by atoms with Gasteiger partial charge >= 0.3 is 5.97 Å². The van der Waals surface area contributed by atoms with Crippen LogP contribution in [0.4, 0.5) is 5.69 Å². The van der Waals surface area contributed by atoms with E-state index < -0.39 is 5.97 Å². The molecule has 184 valence electrons. The number of methoxy groups -OCH3 is 1. The van der Waals surface area contributed by atoms with Crippen molar-refractivity contribution >= 4 is 46.3 Å². The number of piperidine rings is 1. The van der Waals surface area contributed by atoms with Gasteiger partial charge in [-0.25, -0.2) is 9.78 Å². The van der Waals surface area contributed by atoms with Crippen LogP contribution >= 0.6 is 11.8 Å². The molecule has 0 saturated carbocycles. The number of benzene rings is 2. The third-order valence-electron chi connectivity index (χ3n) is 6.06. The lowest BCUT2D eigenvalue weighted by atomic mass is 9.92. The number of aromatic nitrogens is 2. The Morgan fingerprint density at radius 2 is 1.74 bits per heavy atom. The van der Waals surface area contributed by atoms with Gasteiger partial charge in [0, 0.05) is 18.8 Å². The lowest BCUT2D eigenvalue weighted by Gasteiger charge is -2.35. The van der Waals surface area contributed by atoms with Gasteiger partial charge in [0.1, 0.15) is 6.54 Å². The molecule has 4 rings (SSSR count). The Morgan fingerprint density at radius 3 is 2.43 bits per heavy atom. The summed E-state index contributed by atoms with van der Waals surface area (Å²) in [6.07, 6.45) is 1.14. The second-order valence-electron chi connectivity index (χ2n) is 9.12. The number of rotatable bonds is 7. The topological polar surface area (TPSA) is 93.5 Å². The molecule has 0 bridgehead atoms. The lowest BCUT2D eigenvalue weighted by Crippen LogP contribution is -2.44. The van der Waals surface area contributed by atoms with Crippen molar-refractivity contribution in [3.05, 3.63) is 54.1 Å². The van der Waals surface area contributed by atoms with E-state index in [2.05, 4.69) is 24.1 Å². The number of ether oxygens (including phenoxy) is 1. The van der Waals surface area contributed by atoms with Gasteiger partial charge in [0.05, 0.1) is 29.5 Å². The number of anilines is 1. The van der Waals surface area contributed by atoms with Crippen molar-refractivity contribution in [3.63, 3.8) is 0 Å². The maximum atomic E-state index is 13.2. The van der Waals surface area contributed by atoms with Crippen LogP contribution in [0.15, 0.2) is 53.7 Å². The molecule has 8 nitrogen and oxygen atoms in total. The summed E-state index contributed by atoms with van der Waals surface area (Å²) in [7, 11) is 1.32. The van der Waals surface area contributed by atoms with Crippen molar-refractivity contribution in [1.29, 1.82) is 0 Å². The molecule has 0 aliphatic carbocycles. The summed E-state index contributed by atoms with van der Waals surface area (Å²) in [5, 5.41) is 3.46. The number of carbonyl (C=O) groups is 3. The molecule has 35 heavy (non-hydrogen) atoms. The predicted octanol–water partition coefficient (Wildman–Crippen LogP) is 4.06. The number of esters is 1. The van der Waals surface area contributed by atoms with Gasteiger partial charge in [0.15, 0.2) is 5.16 Å². The second-order valence-corrected chi connectivity index (χ2v) is 10.1. The molecule has 0 spiro atoms. The number of nitrogens with zero attached hydrogens (tertiary/aromatic N) is 3. The largest absolute Gasteiger partial charge is 0.465 e. The van der Waals surface area contributed by atoms with Crippen LogP contribution in [0.3, 0.4) is 0 Å². The van der Waals surface area contributed by atoms with Crippen LogP contribution in [0.5, 0.6) is 0 Å². The molecule has 1 aliphatic heterocycles. The zero-order chi connectivity index (χ0) is 24.9. The first-order chi connectivity index (χ1) is 16.8. The molecule has 2 amide bonds. The van der Waals surface area contributed by atoms with Crippen LogP contribution in [-0.4, -0.2) is 58.2 Å². The molecule has 3 aromatic rings. The highest BCUT2D eigenvalue weighted by Gasteiger charge is 2.26. The van der Waals surface area contributed by atoms with Gasteiger partial charge in [-0.1, -0.05) is 37.7 Å². The van der Waals surface area contributed by atoms with Gasteiger partial charge in [-0.15, -0.1) is 0 Å². The van der Waals surface area contributed by atoms with E-state index in [1.54, 1.807) is 24.3 Å². The minimum atomic E-state index is -0.430. The number of thioether (sulfide) groups is 1. The van der Waals surface area contributed by atoms with E-state index >= 15 is 0 Å². The maximum Gasteiger partial charge on any atom is 0.337 e. The molecule has 9 heteroatoms. The lowest BCUT2D eigenvalue weighted by molar-refractivity contribution is -0.134. The highest BCUT2D eigenvalue weighted by atomic mass is 32.2. The fraction of sp³-hybridized carbons (Fsp3) is 0.385. The van der Waals surface area contributed by atoms with E-state index in [1.165, 1.54) is 18.9 Å². The van der Waals surface area contributed by atoms with E-state index in [9.17, 15) is 14.4 Å². The second kappa shape index (κ2) is 10.9. The van der Waals surface area contributed by atoms with Crippen molar-refractivity contribution in [3.8, 4) is 0 Å². The summed E-state index contributed by atoms with van der Waals surface area (Å²) in [4.78, 5) is 44.0. The minimum Gasteiger partial charge on any atom is -0.465 e. The standard InChI is InChI=1S/C26H30N4O4S/c1-17-12-18(2)14-29(13-17)24(32)15-30-22-7-5-4-6-21(22)28-26(30)35-16-23(31)27-20-10-8-19(9-11-20)25(33)34-3/h4-11,17-18H,12-16H2,1-3H3,(H,27,31)/t17-,18-/m1/s1. The first kappa shape index (κ1) is 24.8. The maximum absolute atomic E-state index is 13.2. The van der Waals surface area contributed by atoms with Crippen LogP contribution in [0, 0.1) is 11.8 Å². The van der Waals surface area contributed by atoms with E-state index in [1.807, 2.05) is 33.7 Å². The summed E-state index contributed by atoms with van der Waals surface area (Å²) in [6.45, 7) is 6.11. The Bertz CT molecular complexity index is 1210. The summed E-state index contributed by atoms with van der Waals surface area (Å²) < 4.78 is 6.60. The number of amides is 2. The quantitative estimate of drug-likeness (QED) is 0.393. The number of likely N-dealkylation sites (tertiary alicyclic amines) is 1. The molecule has 1 fully saturated rings. The smallest absolute Gasteiger partial charge is 0.337 e. The van der Waals surface area contributed by atoms with Crippen molar-refractivity contribution in [2.45, 2.75) is 32.0 Å². The summed E-state index contributed by atoms with van der Waals surface area (Å²) >= 11 is 1.30. The molecule has 2 aromatic carbocycles. The fourth-order valence-corrected chi connectivity index (χ4v) is 5.37. The van der Waals surface area contributed by atoms with E-state index in [0.29, 0.717) is 28.2 Å². The Labute approximate surface area is 209 Å². The third-order valence-corrected chi connectivity index (χ3v) is 7.03. The highest BCUT2D eigenvalue weighted by Crippen LogP contribution is 2.26. The molecular formula is C26H30N4O4S. The van der Waals surface area contributed by atoms with Crippen LogP contribution in [0.2, 0.25) is 0 Å². The molecule has 2 atom stereocenters. The average Bonchev–Trinajstić information content (AvgIpc) is 3.19. The van der Waals surface area contributed by atoms with Crippen LogP contribution in [-0.2, 0) is 20.9 Å². The van der Waals surface area contributed by atoms with Gasteiger partial charge in [0.2, 0.25) is 11.8 Å². The molecular weight excluding hydrogens is 464 g/mol. The predicted molar refractivity (Wildman–Crippen MR) is 136 cm³/mol. The molecule has 2 heterocycles. The number of carbonyl (C=O) groups excluding carboxylic acids is 3. The van der Waals surface area contributed by atoms with Crippen molar-refractivity contribution in [1.82, 2.24) is 14.5 Å². The van der Waals surface area contributed by atoms with Crippen molar-refractivity contribution < 1.29 is 19.1 Å². The first-order valence-corrected chi connectivity index (χ1v) is 12.7. The molecule has 0 radical (unpaired) electrons. The van der Waals surface area contributed by atoms with E-state index in [-0.39, 0.29) is 24.1 Å². The van der Waals surface area contributed by atoms with E-state index in [0.717, 1.165) is 30.5 Å². The van der Waals surface area contributed by atoms with Gasteiger partial charge < -0.3 is 19.5 Å². The minimum absolute atomic E-state index is 0.0727. The van der Waals surface area contributed by atoms with Crippen molar-refractivity contribution in [2.75, 3.05) is 31.3 Å². The van der Waals surface area contributed by atoms with Crippen LogP contribution in [0.1, 0.15) is 30.6 Å². The van der Waals surface area contributed by atoms with Crippen molar-refractivity contribution in [2.24, 2.45) is 11.8 Å². The monoisotopic (exact) mass is 494 g/mol. The summed E-state index contributed by atoms with van der Waals surface area (Å²) in [5.74, 6) is 0.546. The zero-order valence-electron chi connectivity index (χ0n) is 20.2. The number of imidazole rings is 1. The molecule has 0 unspecified atom stereocenters. The molecule has 1 aromatic heterocycles. The number of para-hydroxylation sites is 2. The number of hydrogen-bond donors (Lipinski definition) is 1. The Balaban J connectivity index is 1.44. The number of hydrogen-bond acceptors (Lipinski definition) is 6. The summed E-state index contributed by atoms with van der Waals surface area (Å²) in [5.41, 5.74) is 2.67. The van der Waals surface area contributed by atoms with Gasteiger partial charge in [-0.05, 0) is 54.7 Å². The number of fused-ring (bicyclic) bond motifs is 1. The van der Waals surface area contributed by atoms with Gasteiger partial charge in [0.25, 0.3) is 0 Å². The van der Waals surface area contributed by atoms with Crippen LogP contribution in [0.25, 0.3) is 11.0 Å². The zero-order valence-corrected chi connectivity index (χ0v) is 21.0. The normalized spacial score (nSPS) is 17.9. The molecule has 1 aliphatic rings. The van der Waals surface area contributed by atoms with Crippen LogP contribution < -0.4 is 5.32 Å². The first-order valence-electron chi connectivity index (χ1n) is 11.7. The van der Waals surface area contributed by atoms with E-state index in [4.69, 9.17) is 4.74 Å². The highest BCUT2D eigenvalue weighted by molar-refractivity contribution is 7.99.